The van der Waals surface area contributed by atoms with E-state index in [1.165, 1.54) is 0 Å². The maximum atomic E-state index is 11.0. The van der Waals surface area contributed by atoms with Gasteiger partial charge < -0.3 is 4.90 Å². The van der Waals surface area contributed by atoms with Crippen LogP contribution < -0.4 is 0 Å². The molecule has 1 aliphatic heterocycles. The van der Waals surface area contributed by atoms with Crippen molar-refractivity contribution in [1.29, 1.82) is 0 Å². The summed E-state index contributed by atoms with van der Waals surface area (Å²) < 4.78 is 0. The van der Waals surface area contributed by atoms with Gasteiger partial charge in [0, 0.05) is 19.0 Å². The normalized spacial score (nSPS) is 21.8. The molecule has 0 bridgehead atoms. The quantitative estimate of drug-likeness (QED) is 0.449. The summed E-state index contributed by atoms with van der Waals surface area (Å²) in [6, 6.07) is 0.438. The summed E-state index contributed by atoms with van der Waals surface area (Å²) in [4.78, 5) is 12.9. The van der Waals surface area contributed by atoms with E-state index in [-0.39, 0.29) is 5.91 Å². The van der Waals surface area contributed by atoms with Crippen molar-refractivity contribution >= 4 is 5.91 Å². The van der Waals surface area contributed by atoms with E-state index < -0.39 is 0 Å². The molecule has 0 saturated carbocycles. The van der Waals surface area contributed by atoms with E-state index in [4.69, 9.17) is 0 Å². The van der Waals surface area contributed by atoms with Crippen LogP contribution >= 0.6 is 0 Å². The first-order chi connectivity index (χ1) is 5.79. The minimum atomic E-state index is 0.254. The Morgan fingerprint density at radius 3 is 2.75 bits per heavy atom. The molecule has 66 valence electrons. The van der Waals surface area contributed by atoms with Gasteiger partial charge in [0.15, 0.2) is 0 Å². The zero-order valence-corrected chi connectivity index (χ0v) is 7.33. The molecule has 1 heterocycles. The number of likely N-dealkylation sites (tertiary alicyclic amines) is 1. The van der Waals surface area contributed by atoms with Gasteiger partial charge in [-0.15, -0.1) is 13.2 Å². The Labute approximate surface area is 73.6 Å². The first-order valence-electron chi connectivity index (χ1n) is 4.31. The fraction of sp³-hybridized carbons (Fsp3) is 0.500. The van der Waals surface area contributed by atoms with E-state index >= 15 is 0 Å². The number of β-lactam (4-membered cyclic amide) rings is 1. The van der Waals surface area contributed by atoms with Crippen LogP contribution in [0.15, 0.2) is 25.3 Å². The molecule has 0 aliphatic carbocycles. The molecule has 0 aromatic rings. The van der Waals surface area contributed by atoms with Gasteiger partial charge in [0.1, 0.15) is 0 Å². The molecule has 0 radical (unpaired) electrons. The van der Waals surface area contributed by atoms with Gasteiger partial charge in [0.25, 0.3) is 0 Å². The summed E-state index contributed by atoms with van der Waals surface area (Å²) in [5.41, 5.74) is 0. The molecular formula is C10H15NO. The average molecular weight is 165 g/mol. The van der Waals surface area contributed by atoms with Crippen molar-refractivity contribution in [2.75, 3.05) is 6.54 Å². The summed E-state index contributed by atoms with van der Waals surface area (Å²) in [5.74, 6) is 0.254. The van der Waals surface area contributed by atoms with Crippen molar-refractivity contribution in [2.45, 2.75) is 25.3 Å². The number of amides is 1. The van der Waals surface area contributed by atoms with Gasteiger partial charge >= 0.3 is 0 Å². The second-order valence-corrected chi connectivity index (χ2v) is 3.06. The predicted octanol–water partition coefficient (Wildman–Crippen LogP) is 1.74. The van der Waals surface area contributed by atoms with E-state index in [0.717, 1.165) is 12.8 Å². The van der Waals surface area contributed by atoms with Gasteiger partial charge in [-0.25, -0.2) is 0 Å². The molecule has 0 spiro atoms. The Morgan fingerprint density at radius 2 is 2.25 bits per heavy atom. The summed E-state index contributed by atoms with van der Waals surface area (Å²) in [5, 5.41) is 0. The molecule has 1 amide bonds. The zero-order valence-electron chi connectivity index (χ0n) is 7.33. The van der Waals surface area contributed by atoms with Crippen LogP contribution in [0.5, 0.6) is 0 Å². The number of carbonyl (C=O) groups is 1. The summed E-state index contributed by atoms with van der Waals surface area (Å²) in [6.07, 6.45) is 6.42. The van der Waals surface area contributed by atoms with E-state index in [2.05, 4.69) is 13.2 Å². The zero-order chi connectivity index (χ0) is 8.97. The lowest BCUT2D eigenvalue weighted by Gasteiger charge is -2.39. The van der Waals surface area contributed by atoms with Gasteiger partial charge in [-0.2, -0.15) is 0 Å². The molecular weight excluding hydrogens is 150 g/mol. The number of nitrogens with zero attached hydrogens (tertiary/aromatic N) is 1. The van der Waals surface area contributed by atoms with Gasteiger partial charge in [0.05, 0.1) is 0 Å². The molecule has 0 aromatic carbocycles. The highest BCUT2D eigenvalue weighted by Crippen LogP contribution is 2.22. The number of hydrogen-bond donors (Lipinski definition) is 0. The van der Waals surface area contributed by atoms with Crippen LogP contribution in [0, 0.1) is 0 Å². The highest BCUT2D eigenvalue weighted by Gasteiger charge is 2.33. The molecule has 1 atom stereocenters. The van der Waals surface area contributed by atoms with Gasteiger partial charge in [-0.05, 0) is 12.8 Å². The van der Waals surface area contributed by atoms with Gasteiger partial charge in [0.2, 0.25) is 5.91 Å². The van der Waals surface area contributed by atoms with Crippen molar-refractivity contribution in [3.8, 4) is 0 Å². The Kier molecular flexibility index (Phi) is 3.09. The smallest absolute Gasteiger partial charge is 0.225 e. The minimum Gasteiger partial charge on any atom is -0.335 e. The topological polar surface area (TPSA) is 20.3 Å². The summed E-state index contributed by atoms with van der Waals surface area (Å²) in [6.45, 7) is 7.97. The van der Waals surface area contributed by atoms with Gasteiger partial charge in [-0.3, -0.25) is 4.79 Å². The van der Waals surface area contributed by atoms with Crippen LogP contribution in [0.25, 0.3) is 0 Å². The standard InChI is InChI=1S/C10H15NO/c1-3-5-6-9-8-10(12)11(9)7-4-2/h3-4,9H,1-2,5-8H2. The molecule has 12 heavy (non-hydrogen) atoms. The second-order valence-electron chi connectivity index (χ2n) is 3.06. The molecule has 0 N–H and O–H groups in total. The number of allylic oxidation sites excluding steroid dienone is 1. The fourth-order valence-electron chi connectivity index (χ4n) is 1.48. The van der Waals surface area contributed by atoms with Crippen LogP contribution in [0.2, 0.25) is 0 Å². The van der Waals surface area contributed by atoms with Gasteiger partial charge in [-0.1, -0.05) is 12.2 Å². The average Bonchev–Trinajstić information content (AvgIpc) is 2.08. The second kappa shape index (κ2) is 4.10. The van der Waals surface area contributed by atoms with E-state index in [0.29, 0.717) is 19.0 Å². The van der Waals surface area contributed by atoms with Crippen LogP contribution in [0.4, 0.5) is 0 Å². The van der Waals surface area contributed by atoms with Crippen LogP contribution in [-0.2, 0) is 4.79 Å². The third-order valence-corrected chi connectivity index (χ3v) is 2.20. The maximum absolute atomic E-state index is 11.0. The molecule has 0 aromatic heterocycles. The highest BCUT2D eigenvalue weighted by molar-refractivity contribution is 5.83. The molecule has 1 rings (SSSR count). The van der Waals surface area contributed by atoms with Crippen LogP contribution in [0.1, 0.15) is 19.3 Å². The maximum Gasteiger partial charge on any atom is 0.225 e. The van der Waals surface area contributed by atoms with Crippen LogP contribution in [0.3, 0.4) is 0 Å². The van der Waals surface area contributed by atoms with Crippen molar-refractivity contribution < 1.29 is 4.79 Å². The number of hydrogen-bond acceptors (Lipinski definition) is 1. The van der Waals surface area contributed by atoms with E-state index in [1.54, 1.807) is 6.08 Å². The van der Waals surface area contributed by atoms with Crippen molar-refractivity contribution in [1.82, 2.24) is 4.90 Å². The molecule has 1 unspecified atom stereocenters. The molecule has 2 nitrogen and oxygen atoms in total. The molecule has 1 saturated heterocycles. The number of carbonyl (C=O) groups excluding carboxylic acids is 1. The predicted molar refractivity (Wildman–Crippen MR) is 49.7 cm³/mol. The largest absolute Gasteiger partial charge is 0.335 e. The lowest BCUT2D eigenvalue weighted by atomic mass is 9.97. The Morgan fingerprint density at radius 1 is 1.50 bits per heavy atom. The van der Waals surface area contributed by atoms with Crippen molar-refractivity contribution in [2.24, 2.45) is 0 Å². The highest BCUT2D eigenvalue weighted by atomic mass is 16.2. The lowest BCUT2D eigenvalue weighted by Crippen LogP contribution is -2.52. The third-order valence-electron chi connectivity index (χ3n) is 2.20. The monoisotopic (exact) mass is 165 g/mol. The van der Waals surface area contributed by atoms with Crippen molar-refractivity contribution in [3.05, 3.63) is 25.3 Å². The Bertz CT molecular complexity index is 198. The first kappa shape index (κ1) is 9.04. The summed E-state index contributed by atoms with van der Waals surface area (Å²) >= 11 is 0. The summed E-state index contributed by atoms with van der Waals surface area (Å²) in [7, 11) is 0. The SMILES string of the molecule is C=CCCC1CC(=O)N1CC=C. The Hall–Kier alpha value is -1.05. The fourth-order valence-corrected chi connectivity index (χ4v) is 1.48. The molecule has 1 aliphatic rings. The van der Waals surface area contributed by atoms with Crippen molar-refractivity contribution in [3.63, 3.8) is 0 Å². The lowest BCUT2D eigenvalue weighted by molar-refractivity contribution is -0.145. The first-order valence-corrected chi connectivity index (χ1v) is 4.31. The third kappa shape index (κ3) is 1.76. The van der Waals surface area contributed by atoms with E-state index in [1.807, 2.05) is 11.0 Å². The number of rotatable bonds is 5. The van der Waals surface area contributed by atoms with E-state index in [9.17, 15) is 4.79 Å². The minimum absolute atomic E-state index is 0.254. The van der Waals surface area contributed by atoms with Crippen LogP contribution in [-0.4, -0.2) is 23.4 Å². The Balaban J connectivity index is 2.31. The molecule has 2 heteroatoms. The molecule has 1 fully saturated rings.